The predicted molar refractivity (Wildman–Crippen MR) is 128 cm³/mol. The molecule has 14 nitrogen and oxygen atoms in total. The molecule has 0 heterocycles. The van der Waals surface area contributed by atoms with Crippen molar-refractivity contribution in [3.63, 3.8) is 0 Å². The van der Waals surface area contributed by atoms with Gasteiger partial charge in [0.25, 0.3) is 0 Å². The highest BCUT2D eigenvalue weighted by molar-refractivity contribution is 7.98. The van der Waals surface area contributed by atoms with Crippen LogP contribution in [0.4, 0.5) is 0 Å². The molecule has 0 bridgehead atoms. The van der Waals surface area contributed by atoms with Gasteiger partial charge in [0, 0.05) is 6.42 Å². The molecule has 0 saturated carbocycles. The van der Waals surface area contributed by atoms with E-state index in [-0.39, 0.29) is 19.3 Å². The van der Waals surface area contributed by atoms with E-state index in [2.05, 4.69) is 16.0 Å². The zero-order valence-electron chi connectivity index (χ0n) is 19.7. The number of nitrogens with two attached hydrogens (primary N) is 3. The fraction of sp³-hybridized carbons (Fsp3) is 0.700. The normalized spacial score (nSPS) is 14.1. The highest BCUT2D eigenvalue weighted by atomic mass is 32.2. The molecule has 4 amide bonds. The van der Waals surface area contributed by atoms with E-state index in [1.165, 1.54) is 11.8 Å². The lowest BCUT2D eigenvalue weighted by Gasteiger charge is -2.25. The monoisotopic (exact) mass is 520 g/mol. The number of carbonyl (C=O) groups is 6. The zero-order chi connectivity index (χ0) is 27.0. The van der Waals surface area contributed by atoms with Crippen molar-refractivity contribution in [3.8, 4) is 0 Å². The second-order valence-electron chi connectivity index (χ2n) is 7.80. The predicted octanol–water partition coefficient (Wildman–Crippen LogP) is -2.52. The van der Waals surface area contributed by atoms with E-state index in [0.29, 0.717) is 25.1 Å². The summed E-state index contributed by atoms with van der Waals surface area (Å²) in [7, 11) is 0. The van der Waals surface area contributed by atoms with Crippen LogP contribution in [0.15, 0.2) is 0 Å². The average Bonchev–Trinajstić information content (AvgIpc) is 2.77. The first-order valence-corrected chi connectivity index (χ1v) is 12.4. The minimum atomic E-state index is -1.37. The second kappa shape index (κ2) is 17.5. The summed E-state index contributed by atoms with van der Waals surface area (Å²) in [6.07, 6.45) is 1.74. The Bertz CT molecular complexity index is 753. The lowest BCUT2D eigenvalue weighted by molar-refractivity contribution is -0.143. The van der Waals surface area contributed by atoms with Crippen LogP contribution in [0.2, 0.25) is 0 Å². The van der Waals surface area contributed by atoms with Crippen LogP contribution in [0.1, 0.15) is 44.9 Å². The molecule has 0 aromatic rings. The van der Waals surface area contributed by atoms with E-state index < -0.39 is 72.6 Å². The molecule has 4 atom stereocenters. The summed E-state index contributed by atoms with van der Waals surface area (Å²) in [4.78, 5) is 71.5. The topological polar surface area (TPSA) is 257 Å². The Morgan fingerprint density at radius 2 is 1.37 bits per heavy atom. The third-order valence-electron chi connectivity index (χ3n) is 4.84. The number of amides is 4. The molecule has 35 heavy (non-hydrogen) atoms. The van der Waals surface area contributed by atoms with E-state index in [1.807, 2.05) is 0 Å². The molecule has 0 rings (SSSR count). The van der Waals surface area contributed by atoms with Gasteiger partial charge in [0.05, 0.1) is 12.5 Å². The summed E-state index contributed by atoms with van der Waals surface area (Å²) < 4.78 is 0. The molecule has 0 saturated heterocycles. The molecule has 0 radical (unpaired) electrons. The molecule has 0 spiro atoms. The van der Waals surface area contributed by atoms with Crippen molar-refractivity contribution < 1.29 is 39.0 Å². The number of thioether (sulfide) groups is 1. The van der Waals surface area contributed by atoms with E-state index in [9.17, 15) is 33.9 Å². The molecular formula is C20H36N6O8S. The van der Waals surface area contributed by atoms with Gasteiger partial charge in [-0.15, -0.1) is 0 Å². The van der Waals surface area contributed by atoms with E-state index in [0.717, 1.165) is 0 Å². The molecule has 4 unspecified atom stereocenters. The summed E-state index contributed by atoms with van der Waals surface area (Å²) in [5, 5.41) is 25.5. The van der Waals surface area contributed by atoms with Crippen LogP contribution >= 0.6 is 11.8 Å². The van der Waals surface area contributed by atoms with Gasteiger partial charge in [-0.05, 0) is 50.7 Å². The van der Waals surface area contributed by atoms with Gasteiger partial charge < -0.3 is 43.4 Å². The third kappa shape index (κ3) is 14.2. The van der Waals surface area contributed by atoms with Crippen LogP contribution in [-0.4, -0.2) is 88.5 Å². The van der Waals surface area contributed by atoms with Crippen LogP contribution < -0.4 is 33.2 Å². The molecule has 15 heteroatoms. The first kappa shape index (κ1) is 32.1. The van der Waals surface area contributed by atoms with Crippen molar-refractivity contribution in [1.82, 2.24) is 16.0 Å². The van der Waals surface area contributed by atoms with E-state index in [1.54, 1.807) is 6.26 Å². The summed E-state index contributed by atoms with van der Waals surface area (Å²) in [6.45, 7) is 0.333. The van der Waals surface area contributed by atoms with Crippen molar-refractivity contribution in [2.75, 3.05) is 18.6 Å². The van der Waals surface area contributed by atoms with Crippen molar-refractivity contribution >= 4 is 47.3 Å². The second-order valence-corrected chi connectivity index (χ2v) is 8.78. The van der Waals surface area contributed by atoms with Crippen molar-refractivity contribution in [2.24, 2.45) is 17.2 Å². The molecular weight excluding hydrogens is 484 g/mol. The number of rotatable bonds is 19. The van der Waals surface area contributed by atoms with Gasteiger partial charge in [-0.25, -0.2) is 4.79 Å². The van der Waals surface area contributed by atoms with Crippen LogP contribution in [0, 0.1) is 0 Å². The molecule has 0 aliphatic rings. The van der Waals surface area contributed by atoms with Crippen LogP contribution in [-0.2, 0) is 28.8 Å². The van der Waals surface area contributed by atoms with Gasteiger partial charge in [-0.3, -0.25) is 24.0 Å². The molecule has 11 N–H and O–H groups in total. The number of carboxylic acids is 2. The molecule has 0 fully saturated rings. The number of carbonyl (C=O) groups excluding carboxylic acids is 4. The van der Waals surface area contributed by atoms with E-state index in [4.69, 9.17) is 22.3 Å². The maximum atomic E-state index is 12.9. The largest absolute Gasteiger partial charge is 0.481 e. The van der Waals surface area contributed by atoms with Crippen molar-refractivity contribution in [1.29, 1.82) is 0 Å². The summed E-state index contributed by atoms with van der Waals surface area (Å²) in [6, 6.07) is -5.06. The fourth-order valence-electron chi connectivity index (χ4n) is 2.92. The maximum absolute atomic E-state index is 12.9. The molecule has 0 aliphatic carbocycles. The first-order valence-electron chi connectivity index (χ1n) is 11.0. The number of nitrogens with one attached hydrogen (secondary N) is 3. The minimum Gasteiger partial charge on any atom is -0.481 e. The minimum absolute atomic E-state index is 0.122. The Morgan fingerprint density at radius 1 is 0.829 bits per heavy atom. The number of unbranched alkanes of at least 4 members (excludes halogenated alkanes) is 1. The Balaban J connectivity index is 5.55. The fourth-order valence-corrected chi connectivity index (χ4v) is 3.40. The Kier molecular flexibility index (Phi) is 16.1. The van der Waals surface area contributed by atoms with Gasteiger partial charge >= 0.3 is 11.9 Å². The van der Waals surface area contributed by atoms with Crippen LogP contribution in [0.25, 0.3) is 0 Å². The number of carboxylic acid groups (broad SMARTS) is 2. The quantitative estimate of drug-likeness (QED) is 0.0824. The van der Waals surface area contributed by atoms with Gasteiger partial charge in [0.15, 0.2) is 0 Å². The van der Waals surface area contributed by atoms with Crippen molar-refractivity contribution in [3.05, 3.63) is 0 Å². The smallest absolute Gasteiger partial charge is 0.326 e. The van der Waals surface area contributed by atoms with Crippen molar-refractivity contribution in [2.45, 2.75) is 69.1 Å². The number of hydrogen-bond acceptors (Lipinski definition) is 9. The Hall–Kier alpha value is -2.91. The van der Waals surface area contributed by atoms with Gasteiger partial charge in [-0.2, -0.15) is 11.8 Å². The van der Waals surface area contributed by atoms with Crippen LogP contribution in [0.5, 0.6) is 0 Å². The van der Waals surface area contributed by atoms with E-state index >= 15 is 0 Å². The number of hydrogen-bond donors (Lipinski definition) is 8. The standard InChI is InChI=1S/C20H36N6O8S/c1-35-9-7-14(20(33)34)26-19(32)13(5-6-16(28)29)25-18(31)12(4-2-3-8-21)24-17(30)11(22)10-15(23)27/h11-14H,2-10,21-22H2,1H3,(H2,23,27)(H,24,30)(H,25,31)(H,26,32)(H,28,29)(H,33,34). The van der Waals surface area contributed by atoms with Gasteiger partial charge in [-0.1, -0.05) is 0 Å². The molecule has 0 aromatic heterocycles. The third-order valence-corrected chi connectivity index (χ3v) is 5.49. The van der Waals surface area contributed by atoms with Crippen LogP contribution in [0.3, 0.4) is 0 Å². The number of primary amides is 1. The molecule has 200 valence electrons. The highest BCUT2D eigenvalue weighted by Gasteiger charge is 2.30. The Labute approximate surface area is 207 Å². The average molecular weight is 521 g/mol. The lowest BCUT2D eigenvalue weighted by atomic mass is 10.0. The molecule has 0 aromatic carbocycles. The van der Waals surface area contributed by atoms with Gasteiger partial charge in [0.1, 0.15) is 18.1 Å². The highest BCUT2D eigenvalue weighted by Crippen LogP contribution is 2.07. The SMILES string of the molecule is CSCCC(NC(=O)C(CCC(=O)O)NC(=O)C(CCCCN)NC(=O)C(N)CC(N)=O)C(=O)O. The van der Waals surface area contributed by atoms with Gasteiger partial charge in [0.2, 0.25) is 23.6 Å². The maximum Gasteiger partial charge on any atom is 0.326 e. The molecule has 0 aliphatic heterocycles. The number of aliphatic carboxylic acids is 2. The zero-order valence-corrected chi connectivity index (χ0v) is 20.5. The summed E-state index contributed by atoms with van der Waals surface area (Å²) >= 11 is 1.38. The lowest BCUT2D eigenvalue weighted by Crippen LogP contribution is -2.57. The summed E-state index contributed by atoms with van der Waals surface area (Å²) in [5.41, 5.74) is 16.1. The summed E-state index contributed by atoms with van der Waals surface area (Å²) in [5.74, 6) is -5.34. The Morgan fingerprint density at radius 3 is 1.86 bits per heavy atom. The first-order chi connectivity index (χ1) is 16.4.